The molecule has 1 aromatic heterocycles. The summed E-state index contributed by atoms with van der Waals surface area (Å²) >= 11 is 19.6. The maximum atomic E-state index is 13.0. The first-order valence-corrected chi connectivity index (χ1v) is 11.6. The second-order valence-corrected chi connectivity index (χ2v) is 8.97. The van der Waals surface area contributed by atoms with E-state index < -0.39 is 0 Å². The third-order valence-corrected chi connectivity index (χ3v) is 6.55. The number of carbonyl (C=O) groups is 1. The van der Waals surface area contributed by atoms with Gasteiger partial charge in [0.2, 0.25) is 0 Å². The standard InChI is InChI=1S/C25H14Cl3N3OS/c26-18-7-9-22(19(11-18)24(32)15-4-2-1-3-5-15)30-13-17(12-29)25-31-23(14-33-25)16-6-8-20(27)21(28)10-16/h1-11,13-14,30H/b17-13+. The molecule has 33 heavy (non-hydrogen) atoms. The highest BCUT2D eigenvalue weighted by molar-refractivity contribution is 7.11. The van der Waals surface area contributed by atoms with Gasteiger partial charge in [0.15, 0.2) is 5.78 Å². The number of nitriles is 1. The van der Waals surface area contributed by atoms with Gasteiger partial charge in [0.05, 0.1) is 15.7 Å². The molecule has 0 saturated heterocycles. The second kappa shape index (κ2) is 10.2. The van der Waals surface area contributed by atoms with Crippen LogP contribution in [0.1, 0.15) is 20.9 Å². The van der Waals surface area contributed by atoms with Crippen molar-refractivity contribution in [1.82, 2.24) is 4.98 Å². The Balaban J connectivity index is 1.62. The van der Waals surface area contributed by atoms with Crippen molar-refractivity contribution in [3.63, 3.8) is 0 Å². The average molecular weight is 511 g/mol. The van der Waals surface area contributed by atoms with Crippen molar-refractivity contribution in [2.24, 2.45) is 0 Å². The SMILES string of the molecule is N#C/C(=C\Nc1ccc(Cl)cc1C(=O)c1ccccc1)c1nc(-c2ccc(Cl)c(Cl)c2)cs1. The van der Waals surface area contributed by atoms with Gasteiger partial charge in [0, 0.05) is 39.0 Å². The normalized spacial score (nSPS) is 11.2. The lowest BCUT2D eigenvalue weighted by molar-refractivity contribution is 0.103. The zero-order chi connectivity index (χ0) is 23.4. The number of anilines is 1. The van der Waals surface area contributed by atoms with E-state index >= 15 is 0 Å². The van der Waals surface area contributed by atoms with E-state index in [9.17, 15) is 10.1 Å². The van der Waals surface area contributed by atoms with Gasteiger partial charge in [0.1, 0.15) is 16.6 Å². The maximum Gasteiger partial charge on any atom is 0.195 e. The molecule has 3 aromatic carbocycles. The summed E-state index contributed by atoms with van der Waals surface area (Å²) in [6.45, 7) is 0. The highest BCUT2D eigenvalue weighted by Crippen LogP contribution is 2.31. The van der Waals surface area contributed by atoms with Crippen LogP contribution in [0.4, 0.5) is 5.69 Å². The average Bonchev–Trinajstić information content (AvgIpc) is 3.32. The number of thiazole rings is 1. The van der Waals surface area contributed by atoms with E-state index in [1.165, 1.54) is 17.5 Å². The van der Waals surface area contributed by atoms with Crippen LogP contribution in [-0.2, 0) is 0 Å². The number of ketones is 1. The fourth-order valence-electron chi connectivity index (χ4n) is 3.05. The predicted molar refractivity (Wildman–Crippen MR) is 136 cm³/mol. The topological polar surface area (TPSA) is 65.8 Å². The number of nitrogens with zero attached hydrogens (tertiary/aromatic N) is 2. The van der Waals surface area contributed by atoms with Crippen LogP contribution in [0.25, 0.3) is 16.8 Å². The van der Waals surface area contributed by atoms with Crippen LogP contribution in [0.15, 0.2) is 78.3 Å². The van der Waals surface area contributed by atoms with Crippen molar-refractivity contribution in [1.29, 1.82) is 5.26 Å². The number of benzene rings is 3. The zero-order valence-electron chi connectivity index (χ0n) is 16.9. The molecule has 162 valence electrons. The number of hydrogen-bond acceptors (Lipinski definition) is 5. The van der Waals surface area contributed by atoms with Gasteiger partial charge in [-0.15, -0.1) is 11.3 Å². The molecule has 1 heterocycles. The molecule has 0 fully saturated rings. The van der Waals surface area contributed by atoms with Crippen molar-refractivity contribution in [3.05, 3.63) is 110 Å². The van der Waals surface area contributed by atoms with Crippen molar-refractivity contribution >= 4 is 63.2 Å². The molecular formula is C25H14Cl3N3OS. The molecule has 0 bridgehead atoms. The van der Waals surface area contributed by atoms with Crippen LogP contribution in [0, 0.1) is 11.3 Å². The van der Waals surface area contributed by atoms with E-state index in [1.54, 1.807) is 54.6 Å². The number of halogens is 3. The van der Waals surface area contributed by atoms with Gasteiger partial charge in [-0.25, -0.2) is 4.98 Å². The van der Waals surface area contributed by atoms with Crippen LogP contribution in [0.5, 0.6) is 0 Å². The Kier molecular flexibility index (Phi) is 7.12. The fraction of sp³-hybridized carbons (Fsp3) is 0. The minimum absolute atomic E-state index is 0.177. The Bertz CT molecular complexity index is 1410. The summed E-state index contributed by atoms with van der Waals surface area (Å²) < 4.78 is 0. The third kappa shape index (κ3) is 5.27. The van der Waals surface area contributed by atoms with Gasteiger partial charge in [-0.05, 0) is 30.3 Å². The number of rotatable bonds is 6. The maximum absolute atomic E-state index is 13.0. The summed E-state index contributed by atoms with van der Waals surface area (Å²) in [5.41, 5.74) is 3.27. The molecule has 0 atom stereocenters. The molecular weight excluding hydrogens is 497 g/mol. The van der Waals surface area contributed by atoms with Crippen molar-refractivity contribution in [3.8, 4) is 17.3 Å². The highest BCUT2D eigenvalue weighted by Gasteiger charge is 2.15. The van der Waals surface area contributed by atoms with Crippen LogP contribution in [-0.4, -0.2) is 10.8 Å². The van der Waals surface area contributed by atoms with Crippen LogP contribution >= 0.6 is 46.1 Å². The Morgan fingerprint density at radius 2 is 1.79 bits per heavy atom. The van der Waals surface area contributed by atoms with E-state index in [2.05, 4.69) is 16.4 Å². The van der Waals surface area contributed by atoms with Gasteiger partial charge in [-0.3, -0.25) is 4.79 Å². The molecule has 8 heteroatoms. The van der Waals surface area contributed by atoms with Crippen LogP contribution in [0.2, 0.25) is 15.1 Å². The summed E-state index contributed by atoms with van der Waals surface area (Å²) in [5, 5.41) is 16.5. The monoisotopic (exact) mass is 509 g/mol. The number of nitrogens with one attached hydrogen (secondary N) is 1. The van der Waals surface area contributed by atoms with Gasteiger partial charge < -0.3 is 5.32 Å². The van der Waals surface area contributed by atoms with E-state index in [1.807, 2.05) is 17.5 Å². The molecule has 0 radical (unpaired) electrons. The van der Waals surface area contributed by atoms with Gasteiger partial charge in [-0.2, -0.15) is 5.26 Å². The molecule has 0 saturated carbocycles. The first-order chi connectivity index (χ1) is 16.0. The van der Waals surface area contributed by atoms with E-state index in [4.69, 9.17) is 34.8 Å². The summed E-state index contributed by atoms with van der Waals surface area (Å²) in [7, 11) is 0. The number of allylic oxidation sites excluding steroid dienone is 1. The van der Waals surface area contributed by atoms with E-state index in [0.29, 0.717) is 48.2 Å². The largest absolute Gasteiger partial charge is 0.360 e. The molecule has 0 aliphatic heterocycles. The Morgan fingerprint density at radius 1 is 1.00 bits per heavy atom. The summed E-state index contributed by atoms with van der Waals surface area (Å²) in [5.74, 6) is -0.177. The molecule has 4 nitrogen and oxygen atoms in total. The molecule has 0 unspecified atom stereocenters. The summed E-state index contributed by atoms with van der Waals surface area (Å²) in [6, 6.07) is 21.3. The van der Waals surface area contributed by atoms with Crippen molar-refractivity contribution in [2.45, 2.75) is 0 Å². The van der Waals surface area contributed by atoms with E-state index in [-0.39, 0.29) is 5.78 Å². The lowest BCUT2D eigenvalue weighted by Gasteiger charge is -2.10. The minimum Gasteiger partial charge on any atom is -0.360 e. The number of carbonyl (C=O) groups excluding carboxylic acids is 1. The first-order valence-electron chi connectivity index (χ1n) is 9.63. The smallest absolute Gasteiger partial charge is 0.195 e. The van der Waals surface area contributed by atoms with Crippen molar-refractivity contribution < 1.29 is 4.79 Å². The quantitative estimate of drug-likeness (QED) is 0.211. The lowest BCUT2D eigenvalue weighted by Crippen LogP contribution is -2.05. The highest BCUT2D eigenvalue weighted by atomic mass is 35.5. The third-order valence-electron chi connectivity index (χ3n) is 4.70. The fourth-order valence-corrected chi connectivity index (χ4v) is 4.32. The van der Waals surface area contributed by atoms with Crippen LogP contribution in [0.3, 0.4) is 0 Å². The molecule has 0 aliphatic rings. The Morgan fingerprint density at radius 3 is 2.52 bits per heavy atom. The first kappa shape index (κ1) is 23.0. The van der Waals surface area contributed by atoms with E-state index in [0.717, 1.165) is 5.56 Å². The second-order valence-electron chi connectivity index (χ2n) is 6.87. The Hall–Kier alpha value is -3.14. The summed E-state index contributed by atoms with van der Waals surface area (Å²) in [6.07, 6.45) is 1.53. The van der Waals surface area contributed by atoms with Gasteiger partial charge in [-0.1, -0.05) is 71.2 Å². The number of aromatic nitrogens is 1. The molecule has 1 N–H and O–H groups in total. The zero-order valence-corrected chi connectivity index (χ0v) is 19.9. The summed E-state index contributed by atoms with van der Waals surface area (Å²) in [4.78, 5) is 17.6. The molecule has 0 amide bonds. The molecule has 4 rings (SSSR count). The Labute approximate surface area is 209 Å². The molecule has 0 aliphatic carbocycles. The molecule has 4 aromatic rings. The van der Waals surface area contributed by atoms with Crippen LogP contribution < -0.4 is 5.32 Å². The van der Waals surface area contributed by atoms with Gasteiger partial charge >= 0.3 is 0 Å². The van der Waals surface area contributed by atoms with Gasteiger partial charge in [0.25, 0.3) is 0 Å². The molecule has 0 spiro atoms. The lowest BCUT2D eigenvalue weighted by atomic mass is 10.0. The van der Waals surface area contributed by atoms with Crippen molar-refractivity contribution in [2.75, 3.05) is 5.32 Å². The predicted octanol–water partition coefficient (Wildman–Crippen LogP) is 7.98. The minimum atomic E-state index is -0.177. The number of hydrogen-bond donors (Lipinski definition) is 1.